The molecule has 2 heterocycles. The zero-order valence-electron chi connectivity index (χ0n) is 16.6. The summed E-state index contributed by atoms with van der Waals surface area (Å²) in [7, 11) is 0. The summed E-state index contributed by atoms with van der Waals surface area (Å²) in [5, 5.41) is 19.8. The van der Waals surface area contributed by atoms with E-state index >= 15 is 0 Å². The quantitative estimate of drug-likeness (QED) is 0.598. The molecule has 0 spiro atoms. The van der Waals surface area contributed by atoms with Gasteiger partial charge in [0.1, 0.15) is 17.7 Å². The molecule has 0 aliphatic carbocycles. The third kappa shape index (κ3) is 4.31. The highest BCUT2D eigenvalue weighted by Gasteiger charge is 2.37. The Balaban J connectivity index is 1.59. The summed E-state index contributed by atoms with van der Waals surface area (Å²) in [5.74, 6) is -1.91. The van der Waals surface area contributed by atoms with Crippen LogP contribution in [0, 0.1) is 11.6 Å². The van der Waals surface area contributed by atoms with E-state index in [1.165, 1.54) is 36.1 Å². The molecule has 4 rings (SSSR count). The lowest BCUT2D eigenvalue weighted by atomic mass is 10.1. The second-order valence-corrected chi connectivity index (χ2v) is 7.44. The minimum absolute atomic E-state index is 0.0553. The molecular formula is C22H20F2N4O3. The van der Waals surface area contributed by atoms with Crippen molar-refractivity contribution in [1.82, 2.24) is 15.1 Å². The molecule has 160 valence electrons. The van der Waals surface area contributed by atoms with Crippen molar-refractivity contribution in [1.29, 1.82) is 0 Å². The highest BCUT2D eigenvalue weighted by atomic mass is 19.1. The first kappa shape index (κ1) is 20.7. The van der Waals surface area contributed by atoms with Crippen LogP contribution in [-0.2, 0) is 9.59 Å². The standard InChI is InChI=1S/C22H20F2N4O3/c1-12(29)28-11-15(30)8-21(28)22(31)25-20-9-16-18(26-27-19(16)10-17(20)24)7-4-13-2-5-14(23)6-3-13/h2-7,9-10,15,21,30H,8,11H2,1H3,(H,25,31)(H,26,27)/b7-4+/t15-,21+/m1/s1. The van der Waals surface area contributed by atoms with Gasteiger partial charge in [-0.25, -0.2) is 8.78 Å². The third-order valence-corrected chi connectivity index (χ3v) is 5.23. The summed E-state index contributed by atoms with van der Waals surface area (Å²) in [6.45, 7) is 1.38. The Morgan fingerprint density at radius 3 is 2.68 bits per heavy atom. The molecule has 31 heavy (non-hydrogen) atoms. The van der Waals surface area contributed by atoms with Gasteiger partial charge in [-0.15, -0.1) is 0 Å². The number of aromatic nitrogens is 2. The second kappa shape index (κ2) is 8.27. The van der Waals surface area contributed by atoms with Gasteiger partial charge in [-0.2, -0.15) is 5.10 Å². The molecule has 2 atom stereocenters. The number of hydrogen-bond donors (Lipinski definition) is 3. The Morgan fingerprint density at radius 1 is 1.23 bits per heavy atom. The number of anilines is 1. The van der Waals surface area contributed by atoms with E-state index in [9.17, 15) is 23.5 Å². The molecule has 0 bridgehead atoms. The van der Waals surface area contributed by atoms with Crippen molar-refractivity contribution in [2.45, 2.75) is 25.5 Å². The molecule has 1 aliphatic rings. The number of likely N-dealkylation sites (tertiary alicyclic amines) is 1. The Hall–Kier alpha value is -3.59. The van der Waals surface area contributed by atoms with E-state index in [0.717, 1.165) is 5.56 Å². The number of amides is 2. The molecule has 1 saturated heterocycles. The fraction of sp³-hybridized carbons (Fsp3) is 0.227. The maximum Gasteiger partial charge on any atom is 0.247 e. The fourth-order valence-corrected chi connectivity index (χ4v) is 3.66. The van der Waals surface area contributed by atoms with E-state index in [4.69, 9.17) is 0 Å². The number of aromatic amines is 1. The number of H-pyrrole nitrogens is 1. The zero-order chi connectivity index (χ0) is 22.1. The highest BCUT2D eigenvalue weighted by molar-refractivity contribution is 6.00. The Bertz CT molecular complexity index is 1170. The third-order valence-electron chi connectivity index (χ3n) is 5.23. The van der Waals surface area contributed by atoms with Gasteiger partial charge in [-0.1, -0.05) is 18.2 Å². The molecule has 3 N–H and O–H groups in total. The first-order valence-corrected chi connectivity index (χ1v) is 9.69. The second-order valence-electron chi connectivity index (χ2n) is 7.44. The van der Waals surface area contributed by atoms with Crippen LogP contribution >= 0.6 is 0 Å². The van der Waals surface area contributed by atoms with Crippen LogP contribution in [0.25, 0.3) is 23.1 Å². The lowest BCUT2D eigenvalue weighted by molar-refractivity contribution is -0.134. The average molecular weight is 426 g/mol. The first-order chi connectivity index (χ1) is 14.8. The number of aliphatic hydroxyl groups excluding tert-OH is 1. The van der Waals surface area contributed by atoms with Crippen LogP contribution in [0.5, 0.6) is 0 Å². The molecule has 9 heteroatoms. The van der Waals surface area contributed by atoms with Crippen LogP contribution in [0.15, 0.2) is 36.4 Å². The van der Waals surface area contributed by atoms with Crippen molar-refractivity contribution in [3.63, 3.8) is 0 Å². The van der Waals surface area contributed by atoms with Gasteiger partial charge in [0, 0.05) is 31.3 Å². The van der Waals surface area contributed by atoms with Crippen molar-refractivity contribution in [2.75, 3.05) is 11.9 Å². The van der Waals surface area contributed by atoms with Gasteiger partial charge in [-0.3, -0.25) is 14.7 Å². The Kier molecular flexibility index (Phi) is 5.51. The predicted molar refractivity (Wildman–Crippen MR) is 112 cm³/mol. The zero-order valence-corrected chi connectivity index (χ0v) is 16.6. The lowest BCUT2D eigenvalue weighted by Crippen LogP contribution is -2.42. The van der Waals surface area contributed by atoms with Crippen LogP contribution in [0.3, 0.4) is 0 Å². The predicted octanol–water partition coefficient (Wildman–Crippen LogP) is 2.93. The molecule has 0 saturated carbocycles. The number of nitrogens with zero attached hydrogens (tertiary/aromatic N) is 2. The number of β-amino-alcohol motifs (C(OH)–C–C–N with tert-alkyl or cyclic N) is 1. The van der Waals surface area contributed by atoms with E-state index < -0.39 is 23.9 Å². The number of rotatable bonds is 4. The SMILES string of the molecule is CC(=O)N1C[C@H](O)C[C@H]1C(=O)Nc1cc2c(/C=C/c3ccc(F)cc3)n[nH]c2cc1F. The Morgan fingerprint density at radius 2 is 1.97 bits per heavy atom. The van der Waals surface area contributed by atoms with Crippen LogP contribution in [0.4, 0.5) is 14.5 Å². The number of nitrogens with one attached hydrogen (secondary N) is 2. The number of halogens is 2. The highest BCUT2D eigenvalue weighted by Crippen LogP contribution is 2.27. The number of carbonyl (C=O) groups excluding carboxylic acids is 2. The van der Waals surface area contributed by atoms with E-state index in [1.54, 1.807) is 24.3 Å². The number of fused-ring (bicyclic) bond motifs is 1. The topological polar surface area (TPSA) is 98.3 Å². The molecule has 1 aromatic heterocycles. The van der Waals surface area contributed by atoms with E-state index in [2.05, 4.69) is 15.5 Å². The number of carbonyl (C=O) groups is 2. The van der Waals surface area contributed by atoms with Crippen LogP contribution in [0.1, 0.15) is 24.6 Å². The molecule has 1 aliphatic heterocycles. The van der Waals surface area contributed by atoms with Gasteiger partial charge in [0.2, 0.25) is 11.8 Å². The van der Waals surface area contributed by atoms with Crippen LogP contribution < -0.4 is 5.32 Å². The monoisotopic (exact) mass is 426 g/mol. The van der Waals surface area contributed by atoms with Gasteiger partial charge in [0.25, 0.3) is 0 Å². The molecule has 3 aromatic rings. The van der Waals surface area contributed by atoms with Gasteiger partial charge in [-0.05, 0) is 29.8 Å². The van der Waals surface area contributed by atoms with Crippen molar-refractivity contribution >= 4 is 40.6 Å². The van der Waals surface area contributed by atoms with Crippen molar-refractivity contribution in [3.05, 3.63) is 59.3 Å². The average Bonchev–Trinajstić information content (AvgIpc) is 3.31. The normalized spacial score (nSPS) is 18.8. The maximum absolute atomic E-state index is 14.6. The minimum Gasteiger partial charge on any atom is -0.391 e. The molecule has 2 aromatic carbocycles. The summed E-state index contributed by atoms with van der Waals surface area (Å²) >= 11 is 0. The Labute approximate surface area is 176 Å². The molecule has 1 fully saturated rings. The lowest BCUT2D eigenvalue weighted by Gasteiger charge is -2.22. The van der Waals surface area contributed by atoms with E-state index in [-0.39, 0.29) is 30.4 Å². The molecule has 7 nitrogen and oxygen atoms in total. The molecule has 0 radical (unpaired) electrons. The molecule has 0 unspecified atom stereocenters. The van der Waals surface area contributed by atoms with E-state index in [1.807, 2.05) is 0 Å². The van der Waals surface area contributed by atoms with Crippen molar-refractivity contribution in [3.8, 4) is 0 Å². The van der Waals surface area contributed by atoms with E-state index in [0.29, 0.717) is 16.6 Å². The van der Waals surface area contributed by atoms with Gasteiger partial charge >= 0.3 is 0 Å². The number of benzene rings is 2. The summed E-state index contributed by atoms with van der Waals surface area (Å²) in [6, 6.07) is 7.72. The maximum atomic E-state index is 14.6. The summed E-state index contributed by atoms with van der Waals surface area (Å²) in [5.41, 5.74) is 1.66. The van der Waals surface area contributed by atoms with Gasteiger partial charge in [0.15, 0.2) is 0 Å². The van der Waals surface area contributed by atoms with Crippen molar-refractivity contribution in [2.24, 2.45) is 0 Å². The summed E-state index contributed by atoms with van der Waals surface area (Å²) in [6.07, 6.45) is 2.72. The molecule has 2 amide bonds. The smallest absolute Gasteiger partial charge is 0.247 e. The number of hydrogen-bond acceptors (Lipinski definition) is 4. The van der Waals surface area contributed by atoms with Crippen molar-refractivity contribution < 1.29 is 23.5 Å². The first-order valence-electron chi connectivity index (χ1n) is 9.69. The minimum atomic E-state index is -0.871. The largest absolute Gasteiger partial charge is 0.391 e. The van der Waals surface area contributed by atoms with Gasteiger partial charge in [0.05, 0.1) is 23.0 Å². The summed E-state index contributed by atoms with van der Waals surface area (Å²) in [4.78, 5) is 25.7. The fourth-order valence-electron chi connectivity index (χ4n) is 3.66. The summed E-state index contributed by atoms with van der Waals surface area (Å²) < 4.78 is 27.6. The van der Waals surface area contributed by atoms with Crippen LogP contribution in [-0.4, -0.2) is 50.7 Å². The van der Waals surface area contributed by atoms with Gasteiger partial charge < -0.3 is 15.3 Å². The molecular weight excluding hydrogens is 406 g/mol. The van der Waals surface area contributed by atoms with Crippen LogP contribution in [0.2, 0.25) is 0 Å². The number of aliphatic hydroxyl groups is 1.